The summed E-state index contributed by atoms with van der Waals surface area (Å²) in [7, 11) is 0. The molecule has 20 heavy (non-hydrogen) atoms. The molecule has 2 aromatic heterocycles. The molecule has 0 aliphatic rings. The fraction of sp³-hybridized carbons (Fsp3) is 0.0714. The number of hydrogen-bond donors (Lipinski definition) is 0. The van der Waals surface area contributed by atoms with Crippen LogP contribution in [0.15, 0.2) is 48.7 Å². The predicted molar refractivity (Wildman–Crippen MR) is 76.8 cm³/mol. The first-order chi connectivity index (χ1) is 9.72. The Morgan fingerprint density at radius 3 is 2.70 bits per heavy atom. The number of halogens is 1. The summed E-state index contributed by atoms with van der Waals surface area (Å²) >= 11 is 6.00. The van der Waals surface area contributed by atoms with E-state index in [2.05, 4.69) is 4.98 Å². The fourth-order valence-corrected chi connectivity index (χ4v) is 2.48. The van der Waals surface area contributed by atoms with Crippen LogP contribution in [0.5, 0.6) is 0 Å². The Morgan fingerprint density at radius 1 is 1.20 bits per heavy atom. The Bertz CT molecular complexity index is 798. The normalized spacial score (nSPS) is 10.8. The molecular formula is C14H10ClN3O2. The molecule has 0 spiro atoms. The first-order valence-corrected chi connectivity index (χ1v) is 6.51. The summed E-state index contributed by atoms with van der Waals surface area (Å²) in [6.45, 7) is 0. The lowest BCUT2D eigenvalue weighted by molar-refractivity contribution is -0.384. The second-order valence-corrected chi connectivity index (χ2v) is 4.51. The van der Waals surface area contributed by atoms with Crippen LogP contribution in [-0.4, -0.2) is 14.3 Å². The Labute approximate surface area is 119 Å². The molecule has 1 aromatic carbocycles. The zero-order valence-electron chi connectivity index (χ0n) is 10.4. The maximum Gasteiger partial charge on any atom is 0.278 e. The van der Waals surface area contributed by atoms with E-state index < -0.39 is 4.92 Å². The first-order valence-electron chi connectivity index (χ1n) is 5.98. The van der Waals surface area contributed by atoms with E-state index in [0.29, 0.717) is 11.3 Å². The molecule has 2 heterocycles. The summed E-state index contributed by atoms with van der Waals surface area (Å²) in [5, 5.41) is 11.1. The Kier molecular flexibility index (Phi) is 3.12. The maximum atomic E-state index is 11.1. The summed E-state index contributed by atoms with van der Waals surface area (Å²) in [4.78, 5) is 15.2. The smallest absolute Gasteiger partial charge is 0.278 e. The van der Waals surface area contributed by atoms with Crippen LogP contribution < -0.4 is 0 Å². The number of alkyl halides is 1. The number of para-hydroxylation sites is 1. The van der Waals surface area contributed by atoms with Crippen LogP contribution in [0.4, 0.5) is 5.69 Å². The molecule has 0 N–H and O–H groups in total. The van der Waals surface area contributed by atoms with E-state index in [1.165, 1.54) is 6.07 Å². The van der Waals surface area contributed by atoms with Gasteiger partial charge in [-0.2, -0.15) is 0 Å². The lowest BCUT2D eigenvalue weighted by Gasteiger charge is -2.02. The van der Waals surface area contributed by atoms with E-state index in [1.54, 1.807) is 18.2 Å². The van der Waals surface area contributed by atoms with Crippen molar-refractivity contribution in [1.29, 1.82) is 0 Å². The lowest BCUT2D eigenvalue weighted by Crippen LogP contribution is -1.94. The van der Waals surface area contributed by atoms with Gasteiger partial charge in [0, 0.05) is 12.3 Å². The van der Waals surface area contributed by atoms with Gasteiger partial charge in [0.15, 0.2) is 0 Å². The number of fused-ring (bicyclic) bond motifs is 1. The van der Waals surface area contributed by atoms with Crippen molar-refractivity contribution in [3.8, 4) is 11.3 Å². The number of benzene rings is 1. The van der Waals surface area contributed by atoms with Crippen molar-refractivity contribution >= 4 is 22.9 Å². The van der Waals surface area contributed by atoms with Gasteiger partial charge in [-0.3, -0.25) is 10.1 Å². The van der Waals surface area contributed by atoms with Gasteiger partial charge < -0.3 is 4.40 Å². The topological polar surface area (TPSA) is 60.4 Å². The van der Waals surface area contributed by atoms with Gasteiger partial charge in [-0.25, -0.2) is 4.98 Å². The molecule has 6 heteroatoms. The monoisotopic (exact) mass is 287 g/mol. The van der Waals surface area contributed by atoms with Gasteiger partial charge in [-0.1, -0.05) is 18.2 Å². The highest BCUT2D eigenvalue weighted by molar-refractivity contribution is 6.17. The third-order valence-electron chi connectivity index (χ3n) is 3.11. The molecular weight excluding hydrogens is 278 g/mol. The van der Waals surface area contributed by atoms with Crippen LogP contribution in [0.1, 0.15) is 5.69 Å². The Morgan fingerprint density at radius 2 is 1.95 bits per heavy atom. The highest BCUT2D eigenvalue weighted by atomic mass is 35.5. The van der Waals surface area contributed by atoms with Crippen LogP contribution in [0.3, 0.4) is 0 Å². The summed E-state index contributed by atoms with van der Waals surface area (Å²) in [6, 6.07) is 12.1. The number of rotatable bonds is 3. The second-order valence-electron chi connectivity index (χ2n) is 4.24. The van der Waals surface area contributed by atoms with Crippen LogP contribution in [0.25, 0.3) is 16.9 Å². The molecule has 0 radical (unpaired) electrons. The van der Waals surface area contributed by atoms with Gasteiger partial charge in [0.25, 0.3) is 5.69 Å². The molecule has 100 valence electrons. The molecule has 3 aromatic rings. The number of nitrogens with zero attached hydrogens (tertiary/aromatic N) is 3. The maximum absolute atomic E-state index is 11.1. The van der Waals surface area contributed by atoms with Gasteiger partial charge in [0.05, 0.1) is 22.1 Å². The Balaban J connectivity index is 2.32. The van der Waals surface area contributed by atoms with E-state index in [-0.39, 0.29) is 11.6 Å². The molecule has 0 saturated heterocycles. The van der Waals surface area contributed by atoms with E-state index in [1.807, 2.05) is 28.8 Å². The van der Waals surface area contributed by atoms with Crippen LogP contribution in [0.2, 0.25) is 0 Å². The minimum atomic E-state index is -0.405. The quantitative estimate of drug-likeness (QED) is 0.420. The molecule has 0 saturated carbocycles. The zero-order valence-corrected chi connectivity index (χ0v) is 11.1. The van der Waals surface area contributed by atoms with Crippen molar-refractivity contribution in [1.82, 2.24) is 9.38 Å². The predicted octanol–water partition coefficient (Wildman–Crippen LogP) is 3.65. The van der Waals surface area contributed by atoms with Gasteiger partial charge in [0.1, 0.15) is 11.3 Å². The number of pyridine rings is 1. The number of nitro groups is 1. The van der Waals surface area contributed by atoms with Crippen LogP contribution in [-0.2, 0) is 5.88 Å². The average Bonchev–Trinajstić information content (AvgIpc) is 2.85. The summed E-state index contributed by atoms with van der Waals surface area (Å²) in [5.74, 6) is 0.229. The number of imidazole rings is 1. The van der Waals surface area contributed by atoms with Crippen LogP contribution in [0, 0.1) is 10.1 Å². The third kappa shape index (κ3) is 1.92. The molecule has 0 aliphatic heterocycles. The Hall–Kier alpha value is -2.40. The molecule has 0 amide bonds. The molecule has 0 unspecified atom stereocenters. The van der Waals surface area contributed by atoms with Crippen molar-refractivity contribution < 1.29 is 4.92 Å². The van der Waals surface area contributed by atoms with Crippen molar-refractivity contribution in [3.63, 3.8) is 0 Å². The van der Waals surface area contributed by atoms with E-state index in [4.69, 9.17) is 11.6 Å². The van der Waals surface area contributed by atoms with E-state index in [9.17, 15) is 10.1 Å². The molecule has 0 fully saturated rings. The van der Waals surface area contributed by atoms with Crippen LogP contribution >= 0.6 is 11.6 Å². The SMILES string of the molecule is O=[N+]([O-])c1ccccc1-c1nc2ccccn2c1CCl. The number of hydrogen-bond acceptors (Lipinski definition) is 3. The lowest BCUT2D eigenvalue weighted by atomic mass is 10.1. The van der Waals surface area contributed by atoms with Crippen molar-refractivity contribution in [2.75, 3.05) is 0 Å². The van der Waals surface area contributed by atoms with Crippen molar-refractivity contribution in [2.24, 2.45) is 0 Å². The van der Waals surface area contributed by atoms with Gasteiger partial charge >= 0.3 is 0 Å². The summed E-state index contributed by atoms with van der Waals surface area (Å²) < 4.78 is 1.85. The third-order valence-corrected chi connectivity index (χ3v) is 3.36. The molecule has 0 aliphatic carbocycles. The van der Waals surface area contributed by atoms with E-state index in [0.717, 1.165) is 11.3 Å². The number of aromatic nitrogens is 2. The van der Waals surface area contributed by atoms with Gasteiger partial charge in [0.2, 0.25) is 0 Å². The van der Waals surface area contributed by atoms with Crippen molar-refractivity contribution in [3.05, 3.63) is 64.5 Å². The van der Waals surface area contributed by atoms with Gasteiger partial charge in [-0.15, -0.1) is 11.6 Å². The minimum Gasteiger partial charge on any atom is -0.302 e. The summed E-state index contributed by atoms with van der Waals surface area (Å²) in [5.41, 5.74) is 2.53. The molecule has 0 atom stereocenters. The standard InChI is InChI=1S/C14H10ClN3O2/c15-9-12-14(16-13-7-3-4-8-17(12)13)10-5-1-2-6-11(10)18(19)20/h1-8H,9H2. The number of nitro benzene ring substituents is 1. The molecule has 0 bridgehead atoms. The average molecular weight is 288 g/mol. The minimum absolute atomic E-state index is 0.0299. The fourth-order valence-electron chi connectivity index (χ4n) is 2.22. The van der Waals surface area contributed by atoms with Crippen molar-refractivity contribution in [2.45, 2.75) is 5.88 Å². The van der Waals surface area contributed by atoms with E-state index >= 15 is 0 Å². The molecule has 3 rings (SSSR count). The summed E-state index contributed by atoms with van der Waals surface area (Å²) in [6.07, 6.45) is 1.85. The highest BCUT2D eigenvalue weighted by Crippen LogP contribution is 2.32. The zero-order chi connectivity index (χ0) is 14.1. The largest absolute Gasteiger partial charge is 0.302 e. The van der Waals surface area contributed by atoms with Gasteiger partial charge in [-0.05, 0) is 18.2 Å². The molecule has 5 nitrogen and oxygen atoms in total. The second kappa shape index (κ2) is 4.94. The highest BCUT2D eigenvalue weighted by Gasteiger charge is 2.20. The first kappa shape index (κ1) is 12.6.